The second-order valence-corrected chi connectivity index (χ2v) is 5.14. The van der Waals surface area contributed by atoms with Gasteiger partial charge in [-0.25, -0.2) is 0 Å². The van der Waals surface area contributed by atoms with Crippen molar-refractivity contribution >= 4 is 0 Å². The zero-order chi connectivity index (χ0) is 11.6. The summed E-state index contributed by atoms with van der Waals surface area (Å²) >= 11 is 0. The van der Waals surface area contributed by atoms with Crippen molar-refractivity contribution in [1.82, 2.24) is 0 Å². The zero-order valence-corrected chi connectivity index (χ0v) is 10.4. The smallest absolute Gasteiger partial charge is 0.0622 e. The van der Waals surface area contributed by atoms with Crippen molar-refractivity contribution in [2.24, 2.45) is 5.92 Å². The minimum Gasteiger partial charge on any atom is -0.390 e. The summed E-state index contributed by atoms with van der Waals surface area (Å²) in [6.45, 7) is 10.1. The third kappa shape index (κ3) is 3.07. The number of rotatable bonds is 3. The molecule has 0 aromatic heterocycles. The molecule has 15 heavy (non-hydrogen) atoms. The van der Waals surface area contributed by atoms with Crippen LogP contribution in [0.3, 0.4) is 0 Å². The van der Waals surface area contributed by atoms with Crippen LogP contribution in [0.25, 0.3) is 0 Å². The lowest BCUT2D eigenvalue weighted by atomic mass is 9.79. The van der Waals surface area contributed by atoms with E-state index in [1.807, 2.05) is 13.8 Å². The average molecular weight is 206 g/mol. The summed E-state index contributed by atoms with van der Waals surface area (Å²) in [5, 5.41) is 9.97. The fraction of sp³-hybridized carbons (Fsp3) is 0.571. The third-order valence-corrected chi connectivity index (χ3v) is 3.47. The number of hydrogen-bond donors (Lipinski definition) is 1. The molecular formula is C14H22O. The van der Waals surface area contributed by atoms with Crippen molar-refractivity contribution < 1.29 is 5.11 Å². The van der Waals surface area contributed by atoms with Crippen LogP contribution in [0, 0.1) is 12.8 Å². The highest BCUT2D eigenvalue weighted by atomic mass is 16.3. The molecule has 1 rings (SSSR count). The Kier molecular flexibility index (Phi) is 3.56. The summed E-state index contributed by atoms with van der Waals surface area (Å²) in [6.07, 6.45) is 0. The fourth-order valence-electron chi connectivity index (χ4n) is 1.77. The van der Waals surface area contributed by atoms with Gasteiger partial charge in [0.2, 0.25) is 0 Å². The molecular weight excluding hydrogens is 184 g/mol. The van der Waals surface area contributed by atoms with Crippen LogP contribution in [0.4, 0.5) is 0 Å². The first-order valence-corrected chi connectivity index (χ1v) is 5.61. The Balaban J connectivity index is 2.85. The largest absolute Gasteiger partial charge is 0.390 e. The maximum absolute atomic E-state index is 9.97. The van der Waals surface area contributed by atoms with E-state index in [1.54, 1.807) is 0 Å². The lowest BCUT2D eigenvalue weighted by Gasteiger charge is -2.31. The van der Waals surface area contributed by atoms with Crippen LogP contribution in [0.2, 0.25) is 0 Å². The standard InChI is InChI=1S/C14H22O/c1-10-6-8-13(9-7-10)11(2)12(3)14(4,5)15/h6-9,11-12,15H,1-5H3/t11-,12+/m1/s1. The topological polar surface area (TPSA) is 20.2 Å². The number of aryl methyl sites for hydroxylation is 1. The second kappa shape index (κ2) is 4.36. The van der Waals surface area contributed by atoms with Crippen LogP contribution in [0.1, 0.15) is 44.7 Å². The van der Waals surface area contributed by atoms with E-state index in [1.165, 1.54) is 11.1 Å². The third-order valence-electron chi connectivity index (χ3n) is 3.47. The molecule has 2 atom stereocenters. The van der Waals surface area contributed by atoms with Gasteiger partial charge in [-0.05, 0) is 38.2 Å². The van der Waals surface area contributed by atoms with Crippen molar-refractivity contribution in [3.63, 3.8) is 0 Å². The number of hydrogen-bond acceptors (Lipinski definition) is 1. The van der Waals surface area contributed by atoms with E-state index in [2.05, 4.69) is 45.0 Å². The van der Waals surface area contributed by atoms with Gasteiger partial charge in [0.15, 0.2) is 0 Å². The minimum atomic E-state index is -0.621. The lowest BCUT2D eigenvalue weighted by molar-refractivity contribution is 0.0153. The van der Waals surface area contributed by atoms with Crippen molar-refractivity contribution in [3.8, 4) is 0 Å². The second-order valence-electron chi connectivity index (χ2n) is 5.14. The van der Waals surface area contributed by atoms with Crippen LogP contribution in [0.15, 0.2) is 24.3 Å². The molecule has 0 unspecified atom stereocenters. The molecule has 0 aliphatic rings. The van der Waals surface area contributed by atoms with Gasteiger partial charge in [0, 0.05) is 0 Å². The van der Waals surface area contributed by atoms with E-state index >= 15 is 0 Å². The van der Waals surface area contributed by atoms with Crippen molar-refractivity contribution in [3.05, 3.63) is 35.4 Å². The Morgan fingerprint density at radius 2 is 1.53 bits per heavy atom. The molecule has 1 nitrogen and oxygen atoms in total. The molecule has 1 aromatic carbocycles. The van der Waals surface area contributed by atoms with Gasteiger partial charge in [0.25, 0.3) is 0 Å². The summed E-state index contributed by atoms with van der Waals surface area (Å²) in [6, 6.07) is 8.57. The van der Waals surface area contributed by atoms with Gasteiger partial charge in [-0.2, -0.15) is 0 Å². The number of benzene rings is 1. The Morgan fingerprint density at radius 1 is 1.07 bits per heavy atom. The van der Waals surface area contributed by atoms with E-state index in [0.29, 0.717) is 5.92 Å². The molecule has 0 aliphatic heterocycles. The zero-order valence-electron chi connectivity index (χ0n) is 10.4. The molecule has 0 saturated heterocycles. The van der Waals surface area contributed by atoms with Gasteiger partial charge >= 0.3 is 0 Å². The van der Waals surface area contributed by atoms with Gasteiger partial charge < -0.3 is 5.11 Å². The highest BCUT2D eigenvalue weighted by molar-refractivity contribution is 5.24. The highest BCUT2D eigenvalue weighted by Gasteiger charge is 2.28. The van der Waals surface area contributed by atoms with E-state index in [0.717, 1.165) is 0 Å². The van der Waals surface area contributed by atoms with Gasteiger partial charge in [0.1, 0.15) is 0 Å². The lowest BCUT2D eigenvalue weighted by Crippen LogP contribution is -2.32. The predicted molar refractivity (Wildman–Crippen MR) is 65.1 cm³/mol. The van der Waals surface area contributed by atoms with Crippen molar-refractivity contribution in [2.75, 3.05) is 0 Å². The van der Waals surface area contributed by atoms with E-state index in [9.17, 15) is 5.11 Å². The number of aliphatic hydroxyl groups is 1. The summed E-state index contributed by atoms with van der Waals surface area (Å²) in [5.41, 5.74) is 1.96. The van der Waals surface area contributed by atoms with Crippen LogP contribution in [-0.4, -0.2) is 10.7 Å². The molecule has 1 aromatic rings. The first kappa shape index (κ1) is 12.3. The van der Waals surface area contributed by atoms with Gasteiger partial charge in [0.05, 0.1) is 5.60 Å². The van der Waals surface area contributed by atoms with E-state index in [4.69, 9.17) is 0 Å². The molecule has 0 saturated carbocycles. The Hall–Kier alpha value is -0.820. The van der Waals surface area contributed by atoms with Gasteiger partial charge in [-0.15, -0.1) is 0 Å². The molecule has 0 fully saturated rings. The minimum absolute atomic E-state index is 0.250. The molecule has 1 heteroatoms. The molecule has 0 amide bonds. The Bertz CT molecular complexity index is 305. The van der Waals surface area contributed by atoms with Crippen LogP contribution >= 0.6 is 0 Å². The van der Waals surface area contributed by atoms with Crippen molar-refractivity contribution in [1.29, 1.82) is 0 Å². The monoisotopic (exact) mass is 206 g/mol. The fourth-order valence-corrected chi connectivity index (χ4v) is 1.77. The van der Waals surface area contributed by atoms with Gasteiger partial charge in [-0.1, -0.05) is 43.7 Å². The molecule has 0 aliphatic carbocycles. The molecule has 0 spiro atoms. The normalized spacial score (nSPS) is 16.1. The molecule has 0 bridgehead atoms. The quantitative estimate of drug-likeness (QED) is 0.802. The van der Waals surface area contributed by atoms with E-state index < -0.39 is 5.60 Å². The maximum Gasteiger partial charge on any atom is 0.0622 e. The average Bonchev–Trinajstić information content (AvgIpc) is 2.15. The Morgan fingerprint density at radius 3 is 1.93 bits per heavy atom. The molecule has 0 radical (unpaired) electrons. The van der Waals surface area contributed by atoms with Gasteiger partial charge in [-0.3, -0.25) is 0 Å². The SMILES string of the molecule is Cc1ccc([C@H](C)[C@H](C)C(C)(C)O)cc1. The first-order valence-electron chi connectivity index (χ1n) is 5.61. The predicted octanol–water partition coefficient (Wildman–Crippen LogP) is 3.51. The molecule has 1 N–H and O–H groups in total. The van der Waals surface area contributed by atoms with Crippen LogP contribution in [0.5, 0.6) is 0 Å². The van der Waals surface area contributed by atoms with Crippen LogP contribution < -0.4 is 0 Å². The highest BCUT2D eigenvalue weighted by Crippen LogP contribution is 2.31. The Labute approximate surface area is 93.1 Å². The van der Waals surface area contributed by atoms with E-state index in [-0.39, 0.29) is 5.92 Å². The first-order chi connectivity index (χ1) is 6.82. The maximum atomic E-state index is 9.97. The summed E-state index contributed by atoms with van der Waals surface area (Å²) in [7, 11) is 0. The molecule has 84 valence electrons. The van der Waals surface area contributed by atoms with Crippen LogP contribution in [-0.2, 0) is 0 Å². The molecule has 0 heterocycles. The van der Waals surface area contributed by atoms with Crippen molar-refractivity contribution in [2.45, 2.75) is 46.1 Å². The summed E-state index contributed by atoms with van der Waals surface area (Å²) in [4.78, 5) is 0. The summed E-state index contributed by atoms with van der Waals surface area (Å²) < 4.78 is 0. The summed E-state index contributed by atoms with van der Waals surface area (Å²) in [5.74, 6) is 0.630.